The summed E-state index contributed by atoms with van der Waals surface area (Å²) < 4.78 is 11.2. The maximum atomic E-state index is 13.1. The van der Waals surface area contributed by atoms with Gasteiger partial charge in [-0.15, -0.1) is 0 Å². The fourth-order valence-corrected chi connectivity index (χ4v) is 5.61. The van der Waals surface area contributed by atoms with Crippen LogP contribution in [-0.4, -0.2) is 61.4 Å². The van der Waals surface area contributed by atoms with Crippen molar-refractivity contribution in [1.82, 2.24) is 4.90 Å². The molecule has 0 aromatic carbocycles. The Morgan fingerprint density at radius 3 is 1.30 bits per heavy atom. The first kappa shape index (κ1) is 41.9. The number of unbranched alkanes of at least 4 members (excludes halogenated alkanes) is 18. The Kier molecular flexibility index (Phi) is 30.0. The van der Waals surface area contributed by atoms with Gasteiger partial charge in [0.15, 0.2) is 5.41 Å². The molecule has 43 heavy (non-hydrogen) atoms. The number of aliphatic hydroxyl groups excluding tert-OH is 1. The van der Waals surface area contributed by atoms with Crippen molar-refractivity contribution in [1.29, 1.82) is 0 Å². The van der Waals surface area contributed by atoms with Crippen LogP contribution in [0.15, 0.2) is 0 Å². The molecule has 6 nitrogen and oxygen atoms in total. The third kappa shape index (κ3) is 23.9. The van der Waals surface area contributed by atoms with Gasteiger partial charge in [0.1, 0.15) is 0 Å². The van der Waals surface area contributed by atoms with Gasteiger partial charge in [0.2, 0.25) is 0 Å². The first-order valence-electron chi connectivity index (χ1n) is 18.6. The smallest absolute Gasteiger partial charge is 0.323 e. The molecule has 1 unspecified atom stereocenters. The quantitative estimate of drug-likeness (QED) is 0.0452. The minimum Gasteiger partial charge on any atom is -0.465 e. The molecule has 0 fully saturated rings. The lowest BCUT2D eigenvalue weighted by atomic mass is 9.84. The monoisotopic (exact) mass is 612 g/mol. The standard InChI is InChI=1S/C37H73NO5/c1-5-8-11-14-16-17-19-23-29-38(31-27-32-39)30-24-20-18-22-28-37(4,35(40)42-33-25-13-10-7-3)36(41)43-34-26-21-15-12-9-6-2/h39H,5-34H2,1-4H3. The summed E-state index contributed by atoms with van der Waals surface area (Å²) in [4.78, 5) is 28.8. The number of hydrogen-bond acceptors (Lipinski definition) is 6. The van der Waals surface area contributed by atoms with Crippen LogP contribution in [0.5, 0.6) is 0 Å². The van der Waals surface area contributed by atoms with Gasteiger partial charge in [-0.25, -0.2) is 0 Å². The summed E-state index contributed by atoms with van der Waals surface area (Å²) in [5.41, 5.74) is -1.23. The molecule has 0 aromatic rings. The molecular weight excluding hydrogens is 538 g/mol. The summed E-state index contributed by atoms with van der Waals surface area (Å²) in [5, 5.41) is 9.34. The highest BCUT2D eigenvalue weighted by molar-refractivity contribution is 5.99. The van der Waals surface area contributed by atoms with E-state index in [1.165, 1.54) is 77.0 Å². The third-order valence-corrected chi connectivity index (χ3v) is 8.72. The van der Waals surface area contributed by atoms with Crippen molar-refractivity contribution in [2.45, 2.75) is 182 Å². The topological polar surface area (TPSA) is 76.1 Å². The Hall–Kier alpha value is -1.14. The minimum atomic E-state index is -1.23. The van der Waals surface area contributed by atoms with Crippen molar-refractivity contribution in [3.05, 3.63) is 0 Å². The van der Waals surface area contributed by atoms with Gasteiger partial charge in [-0.05, 0) is 58.5 Å². The van der Waals surface area contributed by atoms with Crippen LogP contribution in [0.1, 0.15) is 182 Å². The van der Waals surface area contributed by atoms with Crippen LogP contribution >= 0.6 is 0 Å². The third-order valence-electron chi connectivity index (χ3n) is 8.72. The molecule has 0 aliphatic heterocycles. The number of nitrogens with zero attached hydrogens (tertiary/aromatic N) is 1. The van der Waals surface area contributed by atoms with Crippen LogP contribution in [0.25, 0.3) is 0 Å². The van der Waals surface area contributed by atoms with Crippen molar-refractivity contribution in [3.8, 4) is 0 Å². The molecule has 0 spiro atoms. The number of carbonyl (C=O) groups excluding carboxylic acids is 2. The largest absolute Gasteiger partial charge is 0.465 e. The lowest BCUT2D eigenvalue weighted by Crippen LogP contribution is -2.39. The highest BCUT2D eigenvalue weighted by Crippen LogP contribution is 2.29. The average molecular weight is 612 g/mol. The second kappa shape index (κ2) is 30.9. The Balaban J connectivity index is 4.58. The SMILES string of the molecule is CCCCCCCCCCN(CCCO)CCCCCCC(C)(C(=O)OCCCCCC)C(=O)OCCCCCCCC. The number of rotatable bonds is 33. The molecule has 6 heteroatoms. The zero-order valence-corrected chi connectivity index (χ0v) is 29.2. The van der Waals surface area contributed by atoms with E-state index in [9.17, 15) is 14.7 Å². The van der Waals surface area contributed by atoms with Crippen molar-refractivity contribution in [3.63, 3.8) is 0 Å². The van der Waals surface area contributed by atoms with Gasteiger partial charge >= 0.3 is 11.9 Å². The van der Waals surface area contributed by atoms with E-state index in [1.54, 1.807) is 6.92 Å². The summed E-state index contributed by atoms with van der Waals surface area (Å²) in [5.74, 6) is -0.836. The van der Waals surface area contributed by atoms with E-state index >= 15 is 0 Å². The van der Waals surface area contributed by atoms with Gasteiger partial charge in [0, 0.05) is 13.2 Å². The molecule has 0 heterocycles. The van der Waals surface area contributed by atoms with Crippen LogP contribution in [0.2, 0.25) is 0 Å². The van der Waals surface area contributed by atoms with Crippen molar-refractivity contribution in [2.24, 2.45) is 5.41 Å². The molecule has 256 valence electrons. The lowest BCUT2D eigenvalue weighted by Gasteiger charge is -2.26. The summed E-state index contributed by atoms with van der Waals surface area (Å²) >= 11 is 0. The van der Waals surface area contributed by atoms with Crippen molar-refractivity contribution < 1.29 is 24.2 Å². The van der Waals surface area contributed by atoms with E-state index in [4.69, 9.17) is 9.47 Å². The summed E-state index contributed by atoms with van der Waals surface area (Å²) in [6.07, 6.45) is 26.8. The lowest BCUT2D eigenvalue weighted by molar-refractivity contribution is -0.172. The molecule has 0 bridgehead atoms. The zero-order chi connectivity index (χ0) is 31.9. The molecule has 0 radical (unpaired) electrons. The summed E-state index contributed by atoms with van der Waals surface area (Å²) in [7, 11) is 0. The molecule has 0 amide bonds. The first-order valence-corrected chi connectivity index (χ1v) is 18.6. The van der Waals surface area contributed by atoms with Crippen molar-refractivity contribution >= 4 is 11.9 Å². The first-order chi connectivity index (χ1) is 21.0. The van der Waals surface area contributed by atoms with Crippen LogP contribution in [0, 0.1) is 5.41 Å². The number of ether oxygens (including phenoxy) is 2. The summed E-state index contributed by atoms with van der Waals surface area (Å²) in [6.45, 7) is 12.5. The number of carbonyl (C=O) groups is 2. The van der Waals surface area contributed by atoms with Gasteiger partial charge in [-0.3, -0.25) is 9.59 Å². The Morgan fingerprint density at radius 2 is 0.860 bits per heavy atom. The highest BCUT2D eigenvalue weighted by Gasteiger charge is 2.43. The average Bonchev–Trinajstić information content (AvgIpc) is 3.01. The predicted molar refractivity (Wildman–Crippen MR) is 181 cm³/mol. The van der Waals surface area contributed by atoms with Gasteiger partial charge in [0.25, 0.3) is 0 Å². The molecule has 0 saturated heterocycles. The zero-order valence-electron chi connectivity index (χ0n) is 29.2. The van der Waals surface area contributed by atoms with Crippen LogP contribution in [-0.2, 0) is 19.1 Å². The second-order valence-electron chi connectivity index (χ2n) is 13.0. The molecule has 1 N–H and O–H groups in total. The number of esters is 2. The number of hydrogen-bond donors (Lipinski definition) is 1. The van der Waals surface area contributed by atoms with E-state index in [1.807, 2.05) is 0 Å². The second-order valence-corrected chi connectivity index (χ2v) is 13.0. The van der Waals surface area contributed by atoms with E-state index in [-0.39, 0.29) is 6.61 Å². The molecule has 0 aromatic heterocycles. The van der Waals surface area contributed by atoms with Gasteiger partial charge < -0.3 is 19.5 Å². The number of aliphatic hydroxyl groups is 1. The normalized spacial score (nSPS) is 12.9. The molecule has 0 aliphatic rings. The van der Waals surface area contributed by atoms with E-state index < -0.39 is 17.4 Å². The fraction of sp³-hybridized carbons (Fsp3) is 0.946. The van der Waals surface area contributed by atoms with Crippen LogP contribution < -0.4 is 0 Å². The molecule has 0 rings (SSSR count). The fourth-order valence-electron chi connectivity index (χ4n) is 5.61. The Labute approximate surface area is 267 Å². The minimum absolute atomic E-state index is 0.246. The maximum absolute atomic E-state index is 13.1. The van der Waals surface area contributed by atoms with E-state index in [0.29, 0.717) is 19.6 Å². The Morgan fingerprint density at radius 1 is 0.512 bits per heavy atom. The molecule has 0 aliphatic carbocycles. The predicted octanol–water partition coefficient (Wildman–Crippen LogP) is 9.80. The van der Waals surface area contributed by atoms with E-state index in [0.717, 1.165) is 90.3 Å². The Bertz CT molecular complexity index is 628. The van der Waals surface area contributed by atoms with Gasteiger partial charge in [-0.2, -0.15) is 0 Å². The highest BCUT2D eigenvalue weighted by atomic mass is 16.6. The van der Waals surface area contributed by atoms with Crippen molar-refractivity contribution in [2.75, 3.05) is 39.5 Å². The van der Waals surface area contributed by atoms with E-state index in [2.05, 4.69) is 25.7 Å². The van der Waals surface area contributed by atoms with Crippen LogP contribution in [0.4, 0.5) is 0 Å². The van der Waals surface area contributed by atoms with Gasteiger partial charge in [0.05, 0.1) is 13.2 Å². The van der Waals surface area contributed by atoms with Gasteiger partial charge in [-0.1, -0.05) is 136 Å². The molecule has 1 atom stereocenters. The van der Waals surface area contributed by atoms with Crippen LogP contribution in [0.3, 0.4) is 0 Å². The maximum Gasteiger partial charge on any atom is 0.323 e. The molecular formula is C37H73NO5. The molecule has 0 saturated carbocycles. The summed E-state index contributed by atoms with van der Waals surface area (Å²) in [6, 6.07) is 0.